The molecule has 0 aliphatic rings. The molecule has 0 saturated carbocycles. The van der Waals surface area contributed by atoms with Crippen molar-refractivity contribution in [1.29, 1.82) is 0 Å². The Bertz CT molecular complexity index is 1040. The number of unbranched alkanes of at least 4 members (excludes halogenated alkanes) is 4. The van der Waals surface area contributed by atoms with E-state index >= 15 is 0 Å². The first-order chi connectivity index (χ1) is 17.5. The van der Waals surface area contributed by atoms with Gasteiger partial charge in [0.15, 0.2) is 12.4 Å². The monoisotopic (exact) mass is 492 g/mol. The van der Waals surface area contributed by atoms with Gasteiger partial charge in [0.05, 0.1) is 17.9 Å². The van der Waals surface area contributed by atoms with Gasteiger partial charge in [0, 0.05) is 12.5 Å². The molecular weight excluding hydrogens is 452 g/mol. The molecule has 0 atom stereocenters. The first-order valence-corrected chi connectivity index (χ1v) is 13.1. The third-order valence-corrected chi connectivity index (χ3v) is 5.81. The lowest BCUT2D eigenvalue weighted by Crippen LogP contribution is -2.15. The second-order valence-corrected chi connectivity index (χ2v) is 8.52. The SMILES string of the molecule is CC=C(CC)Oc1ccc(C(=O)C=Cc2ccccc2CCCCCCC)c(OCC(=O)OCC)c1. The molecule has 2 aromatic carbocycles. The Morgan fingerprint density at radius 2 is 1.72 bits per heavy atom. The van der Waals surface area contributed by atoms with Gasteiger partial charge < -0.3 is 14.2 Å². The number of esters is 1. The minimum Gasteiger partial charge on any atom is -0.481 e. The van der Waals surface area contributed by atoms with E-state index in [0.717, 1.165) is 30.6 Å². The number of rotatable bonds is 16. The van der Waals surface area contributed by atoms with Crippen LogP contribution in [0.3, 0.4) is 0 Å². The summed E-state index contributed by atoms with van der Waals surface area (Å²) in [6, 6.07) is 13.2. The van der Waals surface area contributed by atoms with Crippen LogP contribution in [0.25, 0.3) is 6.08 Å². The van der Waals surface area contributed by atoms with Crippen LogP contribution in [-0.2, 0) is 16.0 Å². The van der Waals surface area contributed by atoms with Crippen molar-refractivity contribution in [2.24, 2.45) is 0 Å². The highest BCUT2D eigenvalue weighted by Crippen LogP contribution is 2.28. The number of carbonyl (C=O) groups excluding carboxylic acids is 2. The van der Waals surface area contributed by atoms with Crippen LogP contribution in [0, 0.1) is 0 Å². The summed E-state index contributed by atoms with van der Waals surface area (Å²) in [5, 5.41) is 0. The highest BCUT2D eigenvalue weighted by atomic mass is 16.6. The number of benzene rings is 2. The number of aryl methyl sites for hydroxylation is 1. The molecule has 0 fully saturated rings. The second-order valence-electron chi connectivity index (χ2n) is 8.52. The predicted octanol–water partition coefficient (Wildman–Crippen LogP) is 7.73. The van der Waals surface area contributed by atoms with Gasteiger partial charge in [0.2, 0.25) is 0 Å². The molecule has 0 amide bonds. The van der Waals surface area contributed by atoms with Gasteiger partial charge >= 0.3 is 5.97 Å². The summed E-state index contributed by atoms with van der Waals surface area (Å²) in [7, 11) is 0. The van der Waals surface area contributed by atoms with Gasteiger partial charge in [-0.2, -0.15) is 0 Å². The van der Waals surface area contributed by atoms with Crippen LogP contribution in [0.2, 0.25) is 0 Å². The summed E-state index contributed by atoms with van der Waals surface area (Å²) in [6.45, 7) is 7.83. The van der Waals surface area contributed by atoms with Gasteiger partial charge in [-0.3, -0.25) is 4.79 Å². The third kappa shape index (κ3) is 9.73. The molecule has 0 aromatic heterocycles. The highest BCUT2D eigenvalue weighted by molar-refractivity contribution is 6.08. The van der Waals surface area contributed by atoms with Gasteiger partial charge in [0.1, 0.15) is 11.5 Å². The predicted molar refractivity (Wildman–Crippen MR) is 146 cm³/mol. The van der Waals surface area contributed by atoms with Crippen molar-refractivity contribution in [1.82, 2.24) is 0 Å². The summed E-state index contributed by atoms with van der Waals surface area (Å²) in [4.78, 5) is 25.0. The first kappa shape index (κ1) is 28.9. The fraction of sp³-hybridized carbons (Fsp3) is 0.419. The Labute approximate surface area is 216 Å². The van der Waals surface area contributed by atoms with Gasteiger partial charge in [-0.05, 0) is 62.1 Å². The molecule has 2 rings (SSSR count). The third-order valence-electron chi connectivity index (χ3n) is 5.81. The van der Waals surface area contributed by atoms with Crippen LogP contribution in [0.1, 0.15) is 87.7 Å². The van der Waals surface area contributed by atoms with E-state index < -0.39 is 5.97 Å². The van der Waals surface area contributed by atoms with Crippen LogP contribution in [0.15, 0.2) is 60.4 Å². The van der Waals surface area contributed by atoms with Gasteiger partial charge in [-0.15, -0.1) is 0 Å². The van der Waals surface area contributed by atoms with Crippen LogP contribution in [0.4, 0.5) is 0 Å². The minimum absolute atomic E-state index is 0.208. The molecule has 2 aromatic rings. The lowest BCUT2D eigenvalue weighted by atomic mass is 9.99. The molecule has 0 aliphatic heterocycles. The van der Waals surface area contributed by atoms with Crippen molar-refractivity contribution < 1.29 is 23.8 Å². The Morgan fingerprint density at radius 1 is 0.944 bits per heavy atom. The molecular formula is C31H40O5. The number of hydrogen-bond donors (Lipinski definition) is 0. The fourth-order valence-corrected chi connectivity index (χ4v) is 3.81. The molecule has 0 saturated heterocycles. The summed E-state index contributed by atoms with van der Waals surface area (Å²) in [6.07, 6.45) is 13.2. The number of ether oxygens (including phenoxy) is 3. The lowest BCUT2D eigenvalue weighted by Gasteiger charge is -2.13. The van der Waals surface area contributed by atoms with Crippen LogP contribution in [-0.4, -0.2) is 25.0 Å². The van der Waals surface area contributed by atoms with E-state index in [1.165, 1.54) is 31.2 Å². The highest BCUT2D eigenvalue weighted by Gasteiger charge is 2.15. The van der Waals surface area contributed by atoms with Crippen LogP contribution >= 0.6 is 0 Å². The van der Waals surface area contributed by atoms with Crippen molar-refractivity contribution in [3.05, 3.63) is 77.1 Å². The quantitative estimate of drug-likeness (QED) is 0.0789. The molecule has 0 N–H and O–H groups in total. The van der Waals surface area contributed by atoms with Crippen LogP contribution < -0.4 is 9.47 Å². The Kier molecular flexibility index (Phi) is 13.1. The normalized spacial score (nSPS) is 11.5. The Hall–Kier alpha value is -3.34. The standard InChI is InChI=1S/C31H40O5/c1-5-9-10-11-12-15-24-16-13-14-17-25(24)18-21-29(32)28-20-19-27(36-26(6-2)7-3)22-30(28)35-23-31(33)34-8-4/h6,13-14,16-22H,5,7-12,15,23H2,1-4H3. The number of carbonyl (C=O) groups is 2. The zero-order chi connectivity index (χ0) is 26.2. The van der Waals surface area contributed by atoms with E-state index in [1.807, 2.05) is 44.2 Å². The zero-order valence-electron chi connectivity index (χ0n) is 22.2. The number of hydrogen-bond acceptors (Lipinski definition) is 5. The van der Waals surface area contributed by atoms with E-state index in [0.29, 0.717) is 11.3 Å². The molecule has 5 heteroatoms. The number of allylic oxidation sites excluding steroid dienone is 3. The van der Waals surface area contributed by atoms with Crippen molar-refractivity contribution in [3.8, 4) is 11.5 Å². The van der Waals surface area contributed by atoms with E-state index in [9.17, 15) is 9.59 Å². The fourth-order valence-electron chi connectivity index (χ4n) is 3.81. The van der Waals surface area contributed by atoms with E-state index in [4.69, 9.17) is 14.2 Å². The molecule has 0 aliphatic carbocycles. The zero-order valence-corrected chi connectivity index (χ0v) is 22.2. The van der Waals surface area contributed by atoms with Crippen molar-refractivity contribution >= 4 is 17.8 Å². The largest absolute Gasteiger partial charge is 0.481 e. The van der Waals surface area contributed by atoms with Gasteiger partial charge in [-0.25, -0.2) is 4.79 Å². The van der Waals surface area contributed by atoms with E-state index in [-0.39, 0.29) is 24.7 Å². The molecule has 36 heavy (non-hydrogen) atoms. The maximum atomic E-state index is 13.2. The topological polar surface area (TPSA) is 61.8 Å². The average molecular weight is 493 g/mol. The maximum absolute atomic E-state index is 13.2. The maximum Gasteiger partial charge on any atom is 0.344 e. The molecule has 0 spiro atoms. The summed E-state index contributed by atoms with van der Waals surface area (Å²) < 4.78 is 16.5. The van der Waals surface area contributed by atoms with Gasteiger partial charge in [0.25, 0.3) is 0 Å². The Balaban J connectivity index is 2.21. The van der Waals surface area contributed by atoms with E-state index in [2.05, 4.69) is 13.0 Å². The van der Waals surface area contributed by atoms with Crippen LogP contribution in [0.5, 0.6) is 11.5 Å². The molecule has 0 radical (unpaired) electrons. The molecule has 5 nitrogen and oxygen atoms in total. The summed E-state index contributed by atoms with van der Waals surface area (Å²) in [5.41, 5.74) is 2.63. The summed E-state index contributed by atoms with van der Waals surface area (Å²) >= 11 is 0. The average Bonchev–Trinajstić information content (AvgIpc) is 2.89. The molecule has 0 unspecified atom stereocenters. The minimum atomic E-state index is -0.492. The van der Waals surface area contributed by atoms with Crippen molar-refractivity contribution in [2.75, 3.05) is 13.2 Å². The van der Waals surface area contributed by atoms with Crippen molar-refractivity contribution in [3.63, 3.8) is 0 Å². The summed E-state index contributed by atoms with van der Waals surface area (Å²) in [5.74, 6) is 0.925. The smallest absolute Gasteiger partial charge is 0.344 e. The molecule has 0 heterocycles. The first-order valence-electron chi connectivity index (χ1n) is 13.1. The molecule has 0 bridgehead atoms. The molecule has 194 valence electrons. The Morgan fingerprint density at radius 3 is 2.44 bits per heavy atom. The van der Waals surface area contributed by atoms with Crippen molar-refractivity contribution in [2.45, 2.75) is 72.6 Å². The lowest BCUT2D eigenvalue weighted by molar-refractivity contribution is -0.145. The van der Waals surface area contributed by atoms with E-state index in [1.54, 1.807) is 31.2 Å². The van der Waals surface area contributed by atoms with Gasteiger partial charge in [-0.1, -0.05) is 69.9 Å². The number of ketones is 1. The second kappa shape index (κ2) is 16.4.